The van der Waals surface area contributed by atoms with Crippen molar-refractivity contribution in [3.63, 3.8) is 0 Å². The average Bonchev–Trinajstić information content (AvgIpc) is 2.88. The molecule has 25 heavy (non-hydrogen) atoms. The van der Waals surface area contributed by atoms with Crippen molar-refractivity contribution in [1.29, 1.82) is 0 Å². The summed E-state index contributed by atoms with van der Waals surface area (Å²) in [7, 11) is 0. The molecular formula is C21H30O4. The summed E-state index contributed by atoms with van der Waals surface area (Å²) >= 11 is 0. The maximum absolute atomic E-state index is 12.0. The standard InChI is InChI=1S/C21H30O4/c1-20-9-7-17-15(16(20)4-5-18(20)23)3-2-13-12-14(22)6-10-21(13,17)11-8-19(24)25/h12,15-18,23H,2-11H2,1H3,(H,24,25)/t15-,16-,17-,18-,20-,21+/m0/s1. The Labute approximate surface area is 149 Å². The molecule has 4 aliphatic carbocycles. The molecule has 0 aromatic carbocycles. The molecular weight excluding hydrogens is 316 g/mol. The van der Waals surface area contributed by atoms with E-state index < -0.39 is 5.97 Å². The second kappa shape index (κ2) is 5.94. The summed E-state index contributed by atoms with van der Waals surface area (Å²) in [6.45, 7) is 2.27. The third kappa shape index (κ3) is 2.51. The monoisotopic (exact) mass is 346 g/mol. The van der Waals surface area contributed by atoms with Crippen molar-refractivity contribution in [2.24, 2.45) is 28.6 Å². The fourth-order valence-corrected chi connectivity index (χ4v) is 7.13. The first kappa shape index (κ1) is 17.3. The van der Waals surface area contributed by atoms with Gasteiger partial charge in [0.05, 0.1) is 6.10 Å². The van der Waals surface area contributed by atoms with Gasteiger partial charge in [-0.3, -0.25) is 9.59 Å². The minimum atomic E-state index is -0.732. The Balaban J connectivity index is 1.69. The van der Waals surface area contributed by atoms with Crippen molar-refractivity contribution in [3.8, 4) is 0 Å². The number of hydrogen-bond donors (Lipinski definition) is 2. The molecule has 4 aliphatic rings. The van der Waals surface area contributed by atoms with Gasteiger partial charge in [-0.25, -0.2) is 0 Å². The molecule has 0 amide bonds. The van der Waals surface area contributed by atoms with E-state index >= 15 is 0 Å². The van der Waals surface area contributed by atoms with Gasteiger partial charge < -0.3 is 10.2 Å². The quantitative estimate of drug-likeness (QED) is 0.816. The van der Waals surface area contributed by atoms with E-state index in [0.29, 0.717) is 30.6 Å². The molecule has 3 saturated carbocycles. The molecule has 0 aliphatic heterocycles. The maximum Gasteiger partial charge on any atom is 0.303 e. The third-order valence-corrected chi connectivity index (χ3v) is 8.42. The van der Waals surface area contributed by atoms with Crippen molar-refractivity contribution in [2.45, 2.75) is 77.2 Å². The SMILES string of the molecule is C[C@]12CC[C@H]3[C@@H](CCC4=CC(=O)CC[C@@]43CCC(=O)O)[C@@H]1CC[C@@H]2O. The fourth-order valence-electron chi connectivity index (χ4n) is 7.13. The maximum atomic E-state index is 12.0. The highest BCUT2D eigenvalue weighted by molar-refractivity contribution is 5.91. The van der Waals surface area contributed by atoms with Gasteiger partial charge in [0.25, 0.3) is 0 Å². The summed E-state index contributed by atoms with van der Waals surface area (Å²) in [5.41, 5.74) is 1.21. The summed E-state index contributed by atoms with van der Waals surface area (Å²) in [5.74, 6) is 1.11. The molecule has 138 valence electrons. The topological polar surface area (TPSA) is 74.6 Å². The van der Waals surface area contributed by atoms with Crippen LogP contribution < -0.4 is 0 Å². The summed E-state index contributed by atoms with van der Waals surface area (Å²) < 4.78 is 0. The van der Waals surface area contributed by atoms with Crippen LogP contribution in [-0.4, -0.2) is 28.1 Å². The summed E-state index contributed by atoms with van der Waals surface area (Å²) in [6.07, 6.45) is 10.1. The smallest absolute Gasteiger partial charge is 0.303 e. The Hall–Kier alpha value is -1.16. The molecule has 0 bridgehead atoms. The van der Waals surface area contributed by atoms with Gasteiger partial charge >= 0.3 is 5.97 Å². The van der Waals surface area contributed by atoms with Crippen LogP contribution in [0.3, 0.4) is 0 Å². The molecule has 0 spiro atoms. The van der Waals surface area contributed by atoms with E-state index in [1.807, 2.05) is 6.08 Å². The van der Waals surface area contributed by atoms with Crippen molar-refractivity contribution in [1.82, 2.24) is 0 Å². The van der Waals surface area contributed by atoms with Crippen molar-refractivity contribution in [2.75, 3.05) is 0 Å². The Bertz CT molecular complexity index is 623. The lowest BCUT2D eigenvalue weighted by molar-refractivity contribution is -0.138. The van der Waals surface area contributed by atoms with E-state index in [4.69, 9.17) is 0 Å². The highest BCUT2D eigenvalue weighted by atomic mass is 16.4. The molecule has 0 aromatic rings. The van der Waals surface area contributed by atoms with Crippen LogP contribution in [0, 0.1) is 28.6 Å². The first-order valence-corrected chi connectivity index (χ1v) is 10.0. The van der Waals surface area contributed by atoms with Gasteiger partial charge in [-0.2, -0.15) is 0 Å². The summed E-state index contributed by atoms with van der Waals surface area (Å²) in [4.78, 5) is 23.3. The van der Waals surface area contributed by atoms with Gasteiger partial charge in [0, 0.05) is 12.8 Å². The van der Waals surface area contributed by atoms with Crippen LogP contribution >= 0.6 is 0 Å². The fraction of sp³-hybridized carbons (Fsp3) is 0.810. The van der Waals surface area contributed by atoms with Crippen molar-refractivity contribution < 1.29 is 19.8 Å². The molecule has 0 aromatic heterocycles. The highest BCUT2D eigenvalue weighted by Gasteiger charge is 2.59. The number of aliphatic hydroxyl groups excluding tert-OH is 1. The van der Waals surface area contributed by atoms with Crippen LogP contribution in [0.5, 0.6) is 0 Å². The largest absolute Gasteiger partial charge is 0.481 e. The molecule has 0 heterocycles. The zero-order chi connectivity index (χ0) is 17.8. The number of ketones is 1. The highest BCUT2D eigenvalue weighted by Crippen LogP contribution is 2.66. The third-order valence-electron chi connectivity index (χ3n) is 8.42. The van der Waals surface area contributed by atoms with Crippen molar-refractivity contribution in [3.05, 3.63) is 11.6 Å². The van der Waals surface area contributed by atoms with Crippen LogP contribution in [0.4, 0.5) is 0 Å². The number of aliphatic hydroxyl groups is 1. The minimum absolute atomic E-state index is 0.0425. The summed E-state index contributed by atoms with van der Waals surface area (Å²) in [5, 5.41) is 19.8. The molecule has 2 N–H and O–H groups in total. The van der Waals surface area contributed by atoms with Gasteiger partial charge in [-0.05, 0) is 86.0 Å². The molecule has 4 heteroatoms. The first-order chi connectivity index (χ1) is 11.9. The van der Waals surface area contributed by atoms with E-state index in [9.17, 15) is 19.8 Å². The van der Waals surface area contributed by atoms with E-state index in [-0.39, 0.29) is 29.1 Å². The minimum Gasteiger partial charge on any atom is -0.481 e. The molecule has 0 unspecified atom stereocenters. The van der Waals surface area contributed by atoms with Gasteiger partial charge in [-0.1, -0.05) is 12.5 Å². The molecule has 6 atom stereocenters. The number of carboxylic acids is 1. The van der Waals surface area contributed by atoms with E-state index in [1.165, 1.54) is 5.57 Å². The second-order valence-electron chi connectivity index (χ2n) is 9.24. The predicted octanol–water partition coefficient (Wildman–Crippen LogP) is 3.72. The summed E-state index contributed by atoms with van der Waals surface area (Å²) in [6, 6.07) is 0. The lowest BCUT2D eigenvalue weighted by Crippen LogP contribution is -2.52. The van der Waals surface area contributed by atoms with E-state index in [1.54, 1.807) is 0 Å². The Morgan fingerprint density at radius 1 is 1.16 bits per heavy atom. The molecule has 4 nitrogen and oxygen atoms in total. The number of hydrogen-bond acceptors (Lipinski definition) is 3. The average molecular weight is 346 g/mol. The van der Waals surface area contributed by atoms with Gasteiger partial charge in [0.1, 0.15) is 0 Å². The predicted molar refractivity (Wildman–Crippen MR) is 93.9 cm³/mol. The zero-order valence-electron chi connectivity index (χ0n) is 15.2. The number of rotatable bonds is 3. The number of aliphatic carboxylic acids is 1. The van der Waals surface area contributed by atoms with E-state index in [2.05, 4.69) is 6.92 Å². The van der Waals surface area contributed by atoms with Crippen LogP contribution in [0.1, 0.15) is 71.1 Å². The number of carbonyl (C=O) groups excluding carboxylic acids is 1. The van der Waals surface area contributed by atoms with Crippen LogP contribution in [0.25, 0.3) is 0 Å². The van der Waals surface area contributed by atoms with Crippen LogP contribution in [-0.2, 0) is 9.59 Å². The molecule has 3 fully saturated rings. The Morgan fingerprint density at radius 3 is 2.72 bits per heavy atom. The zero-order valence-corrected chi connectivity index (χ0v) is 15.2. The second-order valence-corrected chi connectivity index (χ2v) is 9.24. The number of fused-ring (bicyclic) bond motifs is 5. The number of carbonyl (C=O) groups is 2. The van der Waals surface area contributed by atoms with Gasteiger partial charge in [0.15, 0.2) is 5.78 Å². The Kier molecular flexibility index (Phi) is 4.10. The number of carboxylic acid groups (broad SMARTS) is 1. The lowest BCUT2D eigenvalue weighted by Gasteiger charge is -2.58. The van der Waals surface area contributed by atoms with Crippen LogP contribution in [0.2, 0.25) is 0 Å². The lowest BCUT2D eigenvalue weighted by atomic mass is 9.46. The van der Waals surface area contributed by atoms with Crippen LogP contribution in [0.15, 0.2) is 11.6 Å². The number of allylic oxidation sites excluding steroid dienone is 1. The van der Waals surface area contributed by atoms with Gasteiger partial charge in [-0.15, -0.1) is 0 Å². The van der Waals surface area contributed by atoms with Gasteiger partial charge in [0.2, 0.25) is 0 Å². The molecule has 0 saturated heterocycles. The molecule has 0 radical (unpaired) electrons. The first-order valence-electron chi connectivity index (χ1n) is 10.0. The molecule has 4 rings (SSSR count). The normalized spacial score (nSPS) is 46.0. The Morgan fingerprint density at radius 2 is 1.96 bits per heavy atom. The van der Waals surface area contributed by atoms with E-state index in [0.717, 1.165) is 44.9 Å². The van der Waals surface area contributed by atoms with Crippen molar-refractivity contribution >= 4 is 11.8 Å².